The van der Waals surface area contributed by atoms with Gasteiger partial charge in [-0.2, -0.15) is 0 Å². The van der Waals surface area contributed by atoms with Gasteiger partial charge in [0.05, 0.1) is 15.5 Å². The minimum atomic E-state index is -3.92. The summed E-state index contributed by atoms with van der Waals surface area (Å²) in [6.07, 6.45) is 0. The molecule has 0 radical (unpaired) electrons. The highest BCUT2D eigenvalue weighted by Crippen LogP contribution is 2.43. The molecule has 166 valence electrons. The van der Waals surface area contributed by atoms with Crippen molar-refractivity contribution in [2.24, 2.45) is 0 Å². The number of nitrogens with zero attached hydrogens (tertiary/aromatic N) is 1. The normalized spacial score (nSPS) is 16.5. The van der Waals surface area contributed by atoms with Gasteiger partial charge in [0, 0.05) is 28.1 Å². The van der Waals surface area contributed by atoms with Gasteiger partial charge in [0.25, 0.3) is 10.0 Å². The Bertz CT molecular complexity index is 1440. The number of fused-ring (bicyclic) bond motifs is 2. The Morgan fingerprint density at radius 1 is 0.844 bits per heavy atom. The van der Waals surface area contributed by atoms with E-state index in [0.717, 1.165) is 11.1 Å². The third kappa shape index (κ3) is 3.76. The minimum Gasteiger partial charge on any atom is -0.263 e. The van der Waals surface area contributed by atoms with Crippen molar-refractivity contribution in [3.05, 3.63) is 94.4 Å². The number of anilines is 1. The van der Waals surface area contributed by atoms with Crippen LogP contribution in [0, 0.1) is 13.8 Å². The number of rotatable bonds is 3. The average Bonchev–Trinajstić information content (AvgIpc) is 2.80. The number of sulfonamides is 1. The second-order valence-electron chi connectivity index (χ2n) is 8.30. The summed E-state index contributed by atoms with van der Waals surface area (Å²) in [5, 5.41) is 1.21. The topological polar surface area (TPSA) is 71.5 Å². The fourth-order valence-electron chi connectivity index (χ4n) is 4.03. The smallest absolute Gasteiger partial charge is 0.263 e. The van der Waals surface area contributed by atoms with E-state index in [9.17, 15) is 16.8 Å². The second kappa shape index (κ2) is 7.90. The van der Waals surface area contributed by atoms with Crippen LogP contribution < -0.4 is 4.31 Å². The molecular formula is C25H25NO4S2. The monoisotopic (exact) mass is 467 g/mol. The molecule has 1 heterocycles. The lowest BCUT2D eigenvalue weighted by molar-refractivity contribution is 0.584. The molecule has 0 aromatic heterocycles. The van der Waals surface area contributed by atoms with Gasteiger partial charge in [-0.25, -0.2) is 16.8 Å². The molecule has 0 aliphatic carbocycles. The molecule has 5 nitrogen and oxygen atoms in total. The molecule has 0 fully saturated rings. The van der Waals surface area contributed by atoms with Crippen LogP contribution in [-0.4, -0.2) is 22.9 Å². The van der Waals surface area contributed by atoms with Gasteiger partial charge < -0.3 is 0 Å². The van der Waals surface area contributed by atoms with Crippen molar-refractivity contribution in [3.63, 3.8) is 0 Å². The Morgan fingerprint density at radius 2 is 1.44 bits per heavy atom. The molecule has 3 aromatic rings. The van der Waals surface area contributed by atoms with Crippen molar-refractivity contribution in [2.45, 2.75) is 43.5 Å². The van der Waals surface area contributed by atoms with E-state index in [2.05, 4.69) is 0 Å². The molecule has 1 aliphatic heterocycles. The number of sulfone groups is 1. The van der Waals surface area contributed by atoms with E-state index in [1.54, 1.807) is 42.5 Å². The molecule has 0 atom stereocenters. The zero-order valence-electron chi connectivity index (χ0n) is 18.4. The number of aryl methyl sites for hydroxylation is 2. The van der Waals surface area contributed by atoms with Crippen LogP contribution in [0.25, 0.3) is 5.57 Å². The van der Waals surface area contributed by atoms with Gasteiger partial charge >= 0.3 is 0 Å². The average molecular weight is 468 g/mol. The van der Waals surface area contributed by atoms with Crippen LogP contribution in [0.3, 0.4) is 0 Å². The van der Waals surface area contributed by atoms with Crippen molar-refractivity contribution in [1.82, 2.24) is 0 Å². The zero-order valence-corrected chi connectivity index (χ0v) is 20.0. The van der Waals surface area contributed by atoms with Gasteiger partial charge in [0.15, 0.2) is 9.84 Å². The lowest BCUT2D eigenvalue weighted by atomic mass is 9.95. The van der Waals surface area contributed by atoms with Crippen LogP contribution in [-0.2, 0) is 19.9 Å². The molecule has 0 bridgehead atoms. The molecule has 0 spiro atoms. The molecule has 0 saturated heterocycles. The standard InChI is InChI=1S/C25H25NO4S2/c1-17(2)26-24-12-10-18(3)14-21(24)23(16-31(27,28)20-8-6-5-7-9-20)22-15-19(4)11-13-25(22)32(26,29)30/h5-17H,1-4H3/b23-16+. The minimum absolute atomic E-state index is 0.0974. The van der Waals surface area contributed by atoms with Gasteiger partial charge in [0.2, 0.25) is 0 Å². The Hall–Kier alpha value is -2.90. The van der Waals surface area contributed by atoms with Gasteiger partial charge in [-0.1, -0.05) is 47.5 Å². The van der Waals surface area contributed by atoms with E-state index < -0.39 is 19.9 Å². The first-order valence-electron chi connectivity index (χ1n) is 10.3. The fraction of sp³-hybridized carbons (Fsp3) is 0.200. The van der Waals surface area contributed by atoms with Crippen molar-refractivity contribution < 1.29 is 16.8 Å². The predicted molar refractivity (Wildman–Crippen MR) is 128 cm³/mol. The van der Waals surface area contributed by atoms with Gasteiger partial charge in [-0.05, 0) is 58.0 Å². The summed E-state index contributed by atoms with van der Waals surface area (Å²) in [7, 11) is -7.75. The third-order valence-electron chi connectivity index (χ3n) is 5.46. The summed E-state index contributed by atoms with van der Waals surface area (Å²) in [6, 6.07) is 18.3. The first kappa shape index (κ1) is 22.3. The SMILES string of the molecule is Cc1ccc2c(c1)/C(=C\S(=O)(=O)c1ccccc1)c1cc(C)ccc1S(=O)(=O)N2C(C)C. The summed E-state index contributed by atoms with van der Waals surface area (Å²) in [5.41, 5.74) is 3.55. The highest BCUT2D eigenvalue weighted by atomic mass is 32.2. The van der Waals surface area contributed by atoms with E-state index in [1.807, 2.05) is 39.8 Å². The van der Waals surface area contributed by atoms with E-state index >= 15 is 0 Å². The van der Waals surface area contributed by atoms with Crippen LogP contribution in [0.2, 0.25) is 0 Å². The summed E-state index contributed by atoms with van der Waals surface area (Å²) < 4.78 is 55.6. The Kier molecular flexibility index (Phi) is 5.51. The zero-order chi connectivity index (χ0) is 23.3. The highest BCUT2D eigenvalue weighted by Gasteiger charge is 2.36. The van der Waals surface area contributed by atoms with Crippen molar-refractivity contribution in [3.8, 4) is 0 Å². The Morgan fingerprint density at radius 3 is 2.06 bits per heavy atom. The van der Waals surface area contributed by atoms with E-state index in [-0.39, 0.29) is 15.8 Å². The highest BCUT2D eigenvalue weighted by molar-refractivity contribution is 7.94. The molecule has 4 rings (SSSR count). The maximum atomic E-state index is 13.8. The van der Waals surface area contributed by atoms with Crippen molar-refractivity contribution >= 4 is 31.1 Å². The second-order valence-corrected chi connectivity index (χ2v) is 11.9. The fourth-order valence-corrected chi connectivity index (χ4v) is 7.14. The summed E-state index contributed by atoms with van der Waals surface area (Å²) in [6.45, 7) is 7.38. The molecule has 7 heteroatoms. The van der Waals surface area contributed by atoms with E-state index in [4.69, 9.17) is 0 Å². The van der Waals surface area contributed by atoms with Crippen molar-refractivity contribution in [1.29, 1.82) is 0 Å². The molecular weight excluding hydrogens is 442 g/mol. The molecule has 0 saturated carbocycles. The molecule has 0 unspecified atom stereocenters. The van der Waals surface area contributed by atoms with Crippen molar-refractivity contribution in [2.75, 3.05) is 4.31 Å². The van der Waals surface area contributed by atoms with Gasteiger partial charge in [0.1, 0.15) is 0 Å². The summed E-state index contributed by atoms with van der Waals surface area (Å²) in [4.78, 5) is 0.254. The first-order valence-corrected chi connectivity index (χ1v) is 13.3. The predicted octanol–water partition coefficient (Wildman–Crippen LogP) is 5.08. The van der Waals surface area contributed by atoms with Gasteiger partial charge in [-0.3, -0.25) is 4.31 Å². The largest absolute Gasteiger partial charge is 0.265 e. The number of benzene rings is 3. The molecule has 32 heavy (non-hydrogen) atoms. The molecule has 1 aliphatic rings. The third-order valence-corrected chi connectivity index (χ3v) is 8.98. The van der Waals surface area contributed by atoms with Crippen LogP contribution in [0.15, 0.2) is 81.9 Å². The quantitative estimate of drug-likeness (QED) is 0.538. The lowest BCUT2D eigenvalue weighted by Crippen LogP contribution is -2.37. The first-order chi connectivity index (χ1) is 15.0. The molecule has 0 amide bonds. The Balaban J connectivity index is 2.16. The summed E-state index contributed by atoms with van der Waals surface area (Å²) >= 11 is 0. The van der Waals surface area contributed by atoms with Crippen LogP contribution >= 0.6 is 0 Å². The van der Waals surface area contributed by atoms with Gasteiger partial charge in [-0.15, -0.1) is 0 Å². The van der Waals surface area contributed by atoms with Crippen LogP contribution in [0.1, 0.15) is 36.1 Å². The summed E-state index contributed by atoms with van der Waals surface area (Å²) in [5.74, 6) is 0. The van der Waals surface area contributed by atoms with Crippen LogP contribution in [0.5, 0.6) is 0 Å². The molecule has 3 aromatic carbocycles. The van der Waals surface area contributed by atoms with E-state index in [1.165, 1.54) is 21.8 Å². The molecule has 0 N–H and O–H groups in total. The maximum Gasteiger partial charge on any atom is 0.265 e. The number of hydrogen-bond donors (Lipinski definition) is 0. The Labute approximate surface area is 190 Å². The maximum absolute atomic E-state index is 13.8. The lowest BCUT2D eigenvalue weighted by Gasteiger charge is -2.28. The van der Waals surface area contributed by atoms with E-state index in [0.29, 0.717) is 22.4 Å². The van der Waals surface area contributed by atoms with Crippen LogP contribution in [0.4, 0.5) is 5.69 Å². The number of hydrogen-bond acceptors (Lipinski definition) is 4.